The molecular weight excluding hydrogens is 226 g/mol. The van der Waals surface area contributed by atoms with Crippen LogP contribution in [-0.2, 0) is 0 Å². The lowest BCUT2D eigenvalue weighted by Gasteiger charge is -2.24. The standard InChI is InChI=1S/C14H17N3O/c1-9(2)17-12(8-15)10-6-5-7-11(16(3)4)13(10)14(17)18/h5-7,9,12H,1-4H3. The van der Waals surface area contributed by atoms with Crippen LogP contribution in [0.25, 0.3) is 0 Å². The number of amides is 1. The molecule has 0 spiro atoms. The predicted molar refractivity (Wildman–Crippen MR) is 70.4 cm³/mol. The number of fused-ring (bicyclic) bond motifs is 1. The molecule has 94 valence electrons. The van der Waals surface area contributed by atoms with E-state index in [1.807, 2.05) is 51.0 Å². The third kappa shape index (κ3) is 1.63. The third-order valence-electron chi connectivity index (χ3n) is 3.26. The lowest BCUT2D eigenvalue weighted by molar-refractivity contribution is 0.0704. The minimum Gasteiger partial charge on any atom is -0.377 e. The molecule has 0 aliphatic carbocycles. The Hall–Kier alpha value is -2.02. The molecule has 1 aliphatic heterocycles. The van der Waals surface area contributed by atoms with Gasteiger partial charge in [-0.1, -0.05) is 12.1 Å². The van der Waals surface area contributed by atoms with Crippen molar-refractivity contribution in [1.82, 2.24) is 4.90 Å². The Morgan fingerprint density at radius 2 is 2.06 bits per heavy atom. The largest absolute Gasteiger partial charge is 0.377 e. The quantitative estimate of drug-likeness (QED) is 0.800. The van der Waals surface area contributed by atoms with E-state index in [1.54, 1.807) is 4.90 Å². The molecule has 1 aliphatic rings. The zero-order valence-corrected chi connectivity index (χ0v) is 11.1. The molecule has 0 N–H and O–H groups in total. The van der Waals surface area contributed by atoms with Crippen LogP contribution >= 0.6 is 0 Å². The first-order chi connectivity index (χ1) is 8.49. The minimum absolute atomic E-state index is 0.0181. The molecular formula is C14H17N3O. The Labute approximate surface area is 107 Å². The second kappa shape index (κ2) is 4.34. The van der Waals surface area contributed by atoms with Crippen LogP contribution < -0.4 is 4.90 Å². The normalized spacial score (nSPS) is 17.9. The number of nitrogens with zero attached hydrogens (tertiary/aromatic N) is 3. The molecule has 1 heterocycles. The van der Waals surface area contributed by atoms with Crippen LogP contribution in [0.5, 0.6) is 0 Å². The van der Waals surface area contributed by atoms with Gasteiger partial charge in [-0.05, 0) is 19.9 Å². The summed E-state index contributed by atoms with van der Waals surface area (Å²) in [5, 5.41) is 9.32. The van der Waals surface area contributed by atoms with Gasteiger partial charge in [0.25, 0.3) is 5.91 Å². The van der Waals surface area contributed by atoms with Gasteiger partial charge in [0.2, 0.25) is 0 Å². The van der Waals surface area contributed by atoms with E-state index < -0.39 is 6.04 Å². The number of benzene rings is 1. The van der Waals surface area contributed by atoms with E-state index in [2.05, 4.69) is 6.07 Å². The van der Waals surface area contributed by atoms with Gasteiger partial charge in [-0.2, -0.15) is 5.26 Å². The summed E-state index contributed by atoms with van der Waals surface area (Å²) in [4.78, 5) is 16.0. The Morgan fingerprint density at radius 1 is 1.39 bits per heavy atom. The summed E-state index contributed by atoms with van der Waals surface area (Å²) < 4.78 is 0. The minimum atomic E-state index is -0.465. The molecule has 1 atom stereocenters. The zero-order valence-electron chi connectivity index (χ0n) is 11.1. The first-order valence-electron chi connectivity index (χ1n) is 6.01. The van der Waals surface area contributed by atoms with Gasteiger partial charge in [-0.25, -0.2) is 0 Å². The smallest absolute Gasteiger partial charge is 0.257 e. The van der Waals surface area contributed by atoms with Gasteiger partial charge in [0.05, 0.1) is 11.6 Å². The van der Waals surface area contributed by atoms with Gasteiger partial charge in [0, 0.05) is 31.4 Å². The molecule has 0 bridgehead atoms. The number of nitriles is 1. The molecule has 0 fully saturated rings. The molecule has 1 aromatic rings. The number of anilines is 1. The molecule has 1 unspecified atom stereocenters. The lowest BCUT2D eigenvalue weighted by Crippen LogP contribution is -2.34. The third-order valence-corrected chi connectivity index (χ3v) is 3.26. The van der Waals surface area contributed by atoms with Crippen LogP contribution in [0, 0.1) is 11.3 Å². The van der Waals surface area contributed by atoms with Crippen LogP contribution in [0.15, 0.2) is 18.2 Å². The van der Waals surface area contributed by atoms with Crippen LogP contribution in [0.1, 0.15) is 35.8 Å². The highest BCUT2D eigenvalue weighted by atomic mass is 16.2. The van der Waals surface area contributed by atoms with Crippen molar-refractivity contribution in [2.75, 3.05) is 19.0 Å². The molecule has 1 aromatic carbocycles. The molecule has 0 radical (unpaired) electrons. The van der Waals surface area contributed by atoms with Crippen molar-refractivity contribution < 1.29 is 4.79 Å². The van der Waals surface area contributed by atoms with E-state index in [-0.39, 0.29) is 11.9 Å². The topological polar surface area (TPSA) is 47.3 Å². The predicted octanol–water partition coefficient (Wildman–Crippen LogP) is 2.18. The Kier molecular flexibility index (Phi) is 3.00. The van der Waals surface area contributed by atoms with Crippen molar-refractivity contribution in [3.8, 4) is 6.07 Å². The maximum Gasteiger partial charge on any atom is 0.257 e. The molecule has 18 heavy (non-hydrogen) atoms. The fourth-order valence-electron chi connectivity index (χ4n) is 2.45. The van der Waals surface area contributed by atoms with Gasteiger partial charge < -0.3 is 9.80 Å². The summed E-state index contributed by atoms with van der Waals surface area (Å²) >= 11 is 0. The fraction of sp³-hybridized carbons (Fsp3) is 0.429. The second-order valence-electron chi connectivity index (χ2n) is 4.97. The Morgan fingerprint density at radius 3 is 2.56 bits per heavy atom. The van der Waals surface area contributed by atoms with Crippen molar-refractivity contribution in [3.05, 3.63) is 29.3 Å². The molecule has 1 amide bonds. The summed E-state index contributed by atoms with van der Waals surface area (Å²) in [6.07, 6.45) is 0. The van der Waals surface area contributed by atoms with Gasteiger partial charge in [0.15, 0.2) is 0 Å². The van der Waals surface area contributed by atoms with E-state index in [1.165, 1.54) is 0 Å². The zero-order chi connectivity index (χ0) is 13.4. The average Bonchev–Trinajstić information content (AvgIpc) is 2.62. The monoisotopic (exact) mass is 243 g/mol. The molecule has 4 heteroatoms. The molecule has 0 saturated carbocycles. The van der Waals surface area contributed by atoms with Gasteiger partial charge in [0.1, 0.15) is 6.04 Å². The van der Waals surface area contributed by atoms with Crippen LogP contribution in [0.4, 0.5) is 5.69 Å². The van der Waals surface area contributed by atoms with Crippen molar-refractivity contribution >= 4 is 11.6 Å². The van der Waals surface area contributed by atoms with E-state index >= 15 is 0 Å². The van der Waals surface area contributed by atoms with E-state index in [0.29, 0.717) is 5.56 Å². The van der Waals surface area contributed by atoms with Gasteiger partial charge >= 0.3 is 0 Å². The van der Waals surface area contributed by atoms with Crippen molar-refractivity contribution in [3.63, 3.8) is 0 Å². The molecule has 0 aromatic heterocycles. The lowest BCUT2D eigenvalue weighted by atomic mass is 10.0. The summed E-state index contributed by atoms with van der Waals surface area (Å²) in [6.45, 7) is 3.87. The van der Waals surface area contributed by atoms with E-state index in [0.717, 1.165) is 11.3 Å². The van der Waals surface area contributed by atoms with Crippen molar-refractivity contribution in [2.45, 2.75) is 25.9 Å². The number of hydrogen-bond acceptors (Lipinski definition) is 3. The maximum atomic E-state index is 12.5. The number of carbonyl (C=O) groups excluding carboxylic acids is 1. The maximum absolute atomic E-state index is 12.5. The Bertz CT molecular complexity index is 528. The first-order valence-corrected chi connectivity index (χ1v) is 6.01. The number of hydrogen-bond donors (Lipinski definition) is 0. The summed E-state index contributed by atoms with van der Waals surface area (Å²) in [6, 6.07) is 7.47. The SMILES string of the molecule is CC(C)N1C(=O)c2c(cccc2N(C)C)C1C#N. The first kappa shape index (κ1) is 12.4. The Balaban J connectivity index is 2.64. The van der Waals surface area contributed by atoms with E-state index in [4.69, 9.17) is 0 Å². The molecule has 0 saturated heterocycles. The molecule has 4 nitrogen and oxygen atoms in total. The van der Waals surface area contributed by atoms with Crippen molar-refractivity contribution in [1.29, 1.82) is 5.26 Å². The second-order valence-corrected chi connectivity index (χ2v) is 4.97. The van der Waals surface area contributed by atoms with E-state index in [9.17, 15) is 10.1 Å². The number of rotatable bonds is 2. The summed E-state index contributed by atoms with van der Waals surface area (Å²) in [5.74, 6) is -0.0455. The highest BCUT2D eigenvalue weighted by Crippen LogP contribution is 2.39. The van der Waals surface area contributed by atoms with Gasteiger partial charge in [-0.3, -0.25) is 4.79 Å². The highest BCUT2D eigenvalue weighted by Gasteiger charge is 2.40. The fourth-order valence-corrected chi connectivity index (χ4v) is 2.45. The molecule has 2 rings (SSSR count). The van der Waals surface area contributed by atoms with Crippen molar-refractivity contribution in [2.24, 2.45) is 0 Å². The summed E-state index contributed by atoms with van der Waals surface area (Å²) in [7, 11) is 3.81. The van der Waals surface area contributed by atoms with Gasteiger partial charge in [-0.15, -0.1) is 0 Å². The summed E-state index contributed by atoms with van der Waals surface area (Å²) in [5.41, 5.74) is 2.37. The number of carbonyl (C=O) groups is 1. The van der Waals surface area contributed by atoms with Crippen LogP contribution in [-0.4, -0.2) is 30.9 Å². The average molecular weight is 243 g/mol. The highest BCUT2D eigenvalue weighted by molar-refractivity contribution is 6.05. The van der Waals surface area contributed by atoms with Crippen LogP contribution in [0.2, 0.25) is 0 Å². The van der Waals surface area contributed by atoms with Crippen LogP contribution in [0.3, 0.4) is 0 Å².